The zero-order valence-corrected chi connectivity index (χ0v) is 12.4. The molecule has 2 aliphatic carbocycles. The van der Waals surface area contributed by atoms with Crippen molar-refractivity contribution in [2.75, 3.05) is 0 Å². The summed E-state index contributed by atoms with van der Waals surface area (Å²) in [4.78, 5) is 0. The molecule has 1 atom stereocenters. The van der Waals surface area contributed by atoms with E-state index in [1.807, 2.05) is 0 Å². The summed E-state index contributed by atoms with van der Waals surface area (Å²) in [5, 5.41) is 0. The van der Waals surface area contributed by atoms with Gasteiger partial charge in [0.15, 0.2) is 0 Å². The van der Waals surface area contributed by atoms with Gasteiger partial charge in [0.1, 0.15) is 0 Å². The van der Waals surface area contributed by atoms with E-state index in [1.165, 1.54) is 32.1 Å². The van der Waals surface area contributed by atoms with Crippen LogP contribution in [0.1, 0.15) is 66.7 Å². The lowest BCUT2D eigenvalue weighted by Gasteiger charge is -2.26. The second-order valence-corrected chi connectivity index (χ2v) is 6.43. The maximum Gasteiger partial charge on any atom is -0.0121 e. The van der Waals surface area contributed by atoms with E-state index in [2.05, 4.69) is 52.8 Å². The summed E-state index contributed by atoms with van der Waals surface area (Å²) in [6, 6.07) is 0. The van der Waals surface area contributed by atoms with Gasteiger partial charge in [-0.15, -0.1) is 0 Å². The van der Waals surface area contributed by atoms with Crippen LogP contribution in [0.4, 0.5) is 0 Å². The molecule has 2 rings (SSSR count). The second kappa shape index (κ2) is 6.42. The van der Waals surface area contributed by atoms with Crippen LogP contribution >= 0.6 is 0 Å². The van der Waals surface area contributed by atoms with Crippen molar-refractivity contribution in [1.29, 1.82) is 0 Å². The van der Waals surface area contributed by atoms with Crippen molar-refractivity contribution in [1.82, 2.24) is 0 Å². The van der Waals surface area contributed by atoms with E-state index >= 15 is 0 Å². The van der Waals surface area contributed by atoms with E-state index in [0.29, 0.717) is 5.41 Å². The van der Waals surface area contributed by atoms with Gasteiger partial charge < -0.3 is 0 Å². The highest BCUT2D eigenvalue weighted by molar-refractivity contribution is 5.09. The molecular formula is C17H30. The fraction of sp³-hybridized carbons (Fsp3) is 0.765. The Morgan fingerprint density at radius 2 is 1.82 bits per heavy atom. The normalized spacial score (nSPS) is 27.4. The molecule has 0 radical (unpaired) electrons. The van der Waals surface area contributed by atoms with Crippen LogP contribution in [0.25, 0.3) is 0 Å². The minimum Gasteiger partial charge on any atom is -0.0879 e. The third-order valence-electron chi connectivity index (χ3n) is 4.48. The summed E-state index contributed by atoms with van der Waals surface area (Å²) in [6.07, 6.45) is 13.8. The monoisotopic (exact) mass is 234 g/mol. The van der Waals surface area contributed by atoms with Gasteiger partial charge in [-0.25, -0.2) is 0 Å². The van der Waals surface area contributed by atoms with Gasteiger partial charge in [0.25, 0.3) is 0 Å². The van der Waals surface area contributed by atoms with Crippen LogP contribution in [0, 0.1) is 17.3 Å². The molecule has 0 heterocycles. The summed E-state index contributed by atoms with van der Waals surface area (Å²) in [5.41, 5.74) is 2.19. The number of allylic oxidation sites excluding steroid dienone is 4. The Hall–Kier alpha value is -0.520. The molecule has 0 fully saturated rings. The van der Waals surface area contributed by atoms with Crippen LogP contribution in [-0.2, 0) is 0 Å². The van der Waals surface area contributed by atoms with E-state index in [-0.39, 0.29) is 0 Å². The molecule has 98 valence electrons. The van der Waals surface area contributed by atoms with Crippen LogP contribution in [0.3, 0.4) is 0 Å². The SMILES string of the molecule is CC(C)C1(C)C=CCC1.CC(C)C1=CCCC1. The molecule has 0 amide bonds. The molecule has 0 nitrogen and oxygen atoms in total. The number of hydrogen-bond acceptors (Lipinski definition) is 0. The van der Waals surface area contributed by atoms with Gasteiger partial charge >= 0.3 is 0 Å². The predicted octanol–water partition coefficient (Wildman–Crippen LogP) is 5.75. The molecule has 0 saturated carbocycles. The van der Waals surface area contributed by atoms with Gasteiger partial charge in [-0.2, -0.15) is 0 Å². The van der Waals surface area contributed by atoms with Crippen LogP contribution < -0.4 is 0 Å². The van der Waals surface area contributed by atoms with Gasteiger partial charge in [0.2, 0.25) is 0 Å². The van der Waals surface area contributed by atoms with Crippen molar-refractivity contribution in [3.63, 3.8) is 0 Å². The van der Waals surface area contributed by atoms with E-state index in [4.69, 9.17) is 0 Å². The van der Waals surface area contributed by atoms with E-state index < -0.39 is 0 Å². The van der Waals surface area contributed by atoms with Crippen LogP contribution in [0.2, 0.25) is 0 Å². The minimum absolute atomic E-state index is 0.514. The Morgan fingerprint density at radius 3 is 2.06 bits per heavy atom. The third-order valence-corrected chi connectivity index (χ3v) is 4.48. The van der Waals surface area contributed by atoms with Crippen molar-refractivity contribution in [3.8, 4) is 0 Å². The zero-order valence-electron chi connectivity index (χ0n) is 12.4. The molecule has 2 aliphatic rings. The molecule has 0 saturated heterocycles. The molecule has 0 spiro atoms. The molecule has 17 heavy (non-hydrogen) atoms. The summed E-state index contributed by atoms with van der Waals surface area (Å²) >= 11 is 0. The first kappa shape index (κ1) is 14.5. The molecular weight excluding hydrogens is 204 g/mol. The molecule has 0 heteroatoms. The van der Waals surface area contributed by atoms with E-state index in [1.54, 1.807) is 5.57 Å². The largest absolute Gasteiger partial charge is 0.0879 e. The first-order valence-corrected chi connectivity index (χ1v) is 7.32. The molecule has 0 N–H and O–H groups in total. The Kier molecular flexibility index (Phi) is 5.49. The van der Waals surface area contributed by atoms with E-state index in [0.717, 1.165) is 11.8 Å². The Morgan fingerprint density at radius 1 is 1.12 bits per heavy atom. The van der Waals surface area contributed by atoms with Crippen molar-refractivity contribution in [2.24, 2.45) is 17.3 Å². The maximum atomic E-state index is 2.39. The van der Waals surface area contributed by atoms with Crippen molar-refractivity contribution in [2.45, 2.75) is 66.7 Å². The molecule has 0 bridgehead atoms. The quantitative estimate of drug-likeness (QED) is 0.533. The second-order valence-electron chi connectivity index (χ2n) is 6.43. The topological polar surface area (TPSA) is 0 Å². The Labute approximate surface area is 108 Å². The van der Waals surface area contributed by atoms with Gasteiger partial charge in [-0.3, -0.25) is 0 Å². The van der Waals surface area contributed by atoms with Crippen molar-refractivity contribution >= 4 is 0 Å². The Balaban J connectivity index is 0.000000171. The highest BCUT2D eigenvalue weighted by Gasteiger charge is 2.26. The average Bonchev–Trinajstić information content (AvgIpc) is 2.88. The lowest BCUT2D eigenvalue weighted by Crippen LogP contribution is -2.17. The molecule has 0 aromatic heterocycles. The molecule has 0 aromatic rings. The Bertz CT molecular complexity index is 280. The van der Waals surface area contributed by atoms with Gasteiger partial charge in [-0.05, 0) is 49.4 Å². The van der Waals surface area contributed by atoms with Crippen molar-refractivity contribution < 1.29 is 0 Å². The first-order valence-electron chi connectivity index (χ1n) is 7.32. The third kappa shape index (κ3) is 4.33. The van der Waals surface area contributed by atoms with Gasteiger partial charge in [0, 0.05) is 0 Å². The molecule has 0 aliphatic heterocycles. The smallest absolute Gasteiger partial charge is 0.0121 e. The lowest BCUT2D eigenvalue weighted by atomic mass is 9.79. The summed E-state index contributed by atoms with van der Waals surface area (Å²) < 4.78 is 0. The predicted molar refractivity (Wildman–Crippen MR) is 78.1 cm³/mol. The number of rotatable bonds is 2. The van der Waals surface area contributed by atoms with Gasteiger partial charge in [-0.1, -0.05) is 58.4 Å². The van der Waals surface area contributed by atoms with Crippen LogP contribution in [-0.4, -0.2) is 0 Å². The highest BCUT2D eigenvalue weighted by atomic mass is 14.3. The van der Waals surface area contributed by atoms with Crippen LogP contribution in [0.5, 0.6) is 0 Å². The summed E-state index contributed by atoms with van der Waals surface area (Å²) in [7, 11) is 0. The average molecular weight is 234 g/mol. The zero-order chi connectivity index (χ0) is 12.9. The van der Waals surface area contributed by atoms with Crippen LogP contribution in [0.15, 0.2) is 23.8 Å². The minimum atomic E-state index is 0.514. The standard InChI is InChI=1S/C9H16.C8H14/c1-8(2)9(3)6-4-5-7-9;1-7(2)8-5-3-4-6-8/h4,6,8H,5,7H2,1-3H3;5,7H,3-4,6H2,1-2H3. The van der Waals surface area contributed by atoms with E-state index in [9.17, 15) is 0 Å². The maximum absolute atomic E-state index is 2.39. The highest BCUT2D eigenvalue weighted by Crippen LogP contribution is 2.38. The molecule has 0 aromatic carbocycles. The van der Waals surface area contributed by atoms with Gasteiger partial charge in [0.05, 0.1) is 0 Å². The summed E-state index contributed by atoms with van der Waals surface area (Å²) in [5.74, 6) is 1.61. The lowest BCUT2D eigenvalue weighted by molar-refractivity contribution is 0.293. The fourth-order valence-corrected chi connectivity index (χ4v) is 2.53. The molecule has 1 unspecified atom stereocenters. The summed E-state index contributed by atoms with van der Waals surface area (Å²) in [6.45, 7) is 11.5. The van der Waals surface area contributed by atoms with Crippen molar-refractivity contribution in [3.05, 3.63) is 23.8 Å². The first-order chi connectivity index (χ1) is 7.96. The fourth-order valence-electron chi connectivity index (χ4n) is 2.53. The number of hydrogen-bond donors (Lipinski definition) is 0.